The van der Waals surface area contributed by atoms with Crippen LogP contribution in [0.4, 0.5) is 4.39 Å². The molecule has 0 saturated carbocycles. The van der Waals surface area contributed by atoms with Gasteiger partial charge in [-0.05, 0) is 50.5 Å². The number of hydrogen-bond donors (Lipinski definition) is 2. The molecule has 0 unspecified atom stereocenters. The van der Waals surface area contributed by atoms with Crippen molar-refractivity contribution in [2.45, 2.75) is 38.8 Å². The molecule has 3 heteroatoms. The zero-order valence-corrected chi connectivity index (χ0v) is 12.6. The molecule has 0 fully saturated rings. The third kappa shape index (κ3) is 4.87. The maximum Gasteiger partial charge on any atom is 0.123 e. The Morgan fingerprint density at radius 2 is 1.81 bits per heavy atom. The Balaban J connectivity index is 1.90. The number of aryl methyl sites for hydroxylation is 1. The van der Waals surface area contributed by atoms with Gasteiger partial charge in [-0.25, -0.2) is 4.39 Å². The van der Waals surface area contributed by atoms with Gasteiger partial charge in [0.1, 0.15) is 11.6 Å². The predicted molar refractivity (Wildman–Crippen MR) is 83.7 cm³/mol. The zero-order chi connectivity index (χ0) is 15.3. The number of hydrogen-bond acceptors (Lipinski definition) is 2. The molecule has 0 amide bonds. The highest BCUT2D eigenvalue weighted by Crippen LogP contribution is 2.20. The summed E-state index contributed by atoms with van der Waals surface area (Å²) in [6, 6.07) is 14.4. The van der Waals surface area contributed by atoms with Gasteiger partial charge in [0.25, 0.3) is 0 Å². The minimum absolute atomic E-state index is 0.0887. The summed E-state index contributed by atoms with van der Waals surface area (Å²) in [4.78, 5) is 0. The first-order valence-corrected chi connectivity index (χ1v) is 7.23. The SMILES string of the molecule is CC(C)(CCc1ccccc1)NCc1cc(F)ccc1O. The molecule has 0 heterocycles. The van der Waals surface area contributed by atoms with Crippen LogP contribution in [-0.2, 0) is 13.0 Å². The molecule has 2 aromatic rings. The largest absolute Gasteiger partial charge is 0.508 e. The maximum atomic E-state index is 13.2. The second-order valence-electron chi connectivity index (χ2n) is 6.00. The van der Waals surface area contributed by atoms with Gasteiger partial charge in [0, 0.05) is 17.6 Å². The van der Waals surface area contributed by atoms with E-state index < -0.39 is 0 Å². The molecule has 0 spiro atoms. The second-order valence-corrected chi connectivity index (χ2v) is 6.00. The average Bonchev–Trinajstić information content (AvgIpc) is 2.47. The van der Waals surface area contributed by atoms with E-state index in [4.69, 9.17) is 0 Å². The van der Waals surface area contributed by atoms with E-state index >= 15 is 0 Å². The normalized spacial score (nSPS) is 11.6. The first-order chi connectivity index (χ1) is 9.96. The second kappa shape index (κ2) is 6.72. The highest BCUT2D eigenvalue weighted by Gasteiger charge is 2.17. The standard InChI is InChI=1S/C18H22FNO/c1-18(2,11-10-14-6-4-3-5-7-14)20-13-15-12-16(19)8-9-17(15)21/h3-9,12,20-21H,10-11,13H2,1-2H3. The number of phenols is 1. The van der Waals surface area contributed by atoms with Gasteiger partial charge in [0.15, 0.2) is 0 Å². The molecule has 0 atom stereocenters. The number of aromatic hydroxyl groups is 1. The number of phenolic OH excluding ortho intramolecular Hbond substituents is 1. The third-order valence-electron chi connectivity index (χ3n) is 3.68. The third-order valence-corrected chi connectivity index (χ3v) is 3.68. The van der Waals surface area contributed by atoms with E-state index in [1.165, 1.54) is 23.8 Å². The van der Waals surface area contributed by atoms with Crippen molar-refractivity contribution in [2.24, 2.45) is 0 Å². The number of rotatable bonds is 6. The van der Waals surface area contributed by atoms with Crippen LogP contribution >= 0.6 is 0 Å². The van der Waals surface area contributed by atoms with Crippen LogP contribution < -0.4 is 5.32 Å². The summed E-state index contributed by atoms with van der Waals surface area (Å²) in [7, 11) is 0. The summed E-state index contributed by atoms with van der Waals surface area (Å²) in [5, 5.41) is 13.1. The van der Waals surface area contributed by atoms with Crippen molar-refractivity contribution in [1.29, 1.82) is 0 Å². The van der Waals surface area contributed by atoms with Gasteiger partial charge in [-0.3, -0.25) is 0 Å². The van der Waals surface area contributed by atoms with Crippen molar-refractivity contribution in [3.05, 3.63) is 65.5 Å². The van der Waals surface area contributed by atoms with Crippen molar-refractivity contribution in [3.8, 4) is 5.75 Å². The molecule has 2 aromatic carbocycles. The van der Waals surface area contributed by atoms with Crippen LogP contribution in [0.3, 0.4) is 0 Å². The lowest BCUT2D eigenvalue weighted by Crippen LogP contribution is -2.39. The van der Waals surface area contributed by atoms with Crippen LogP contribution in [0.15, 0.2) is 48.5 Å². The summed E-state index contributed by atoms with van der Waals surface area (Å²) < 4.78 is 13.2. The highest BCUT2D eigenvalue weighted by atomic mass is 19.1. The first kappa shape index (κ1) is 15.5. The molecular weight excluding hydrogens is 265 g/mol. The van der Waals surface area contributed by atoms with E-state index in [1.807, 2.05) is 18.2 Å². The molecule has 112 valence electrons. The smallest absolute Gasteiger partial charge is 0.123 e. The fraction of sp³-hybridized carbons (Fsp3) is 0.333. The highest BCUT2D eigenvalue weighted by molar-refractivity contribution is 5.32. The molecule has 2 nitrogen and oxygen atoms in total. The van der Waals surface area contributed by atoms with Gasteiger partial charge in [0.2, 0.25) is 0 Å². The van der Waals surface area contributed by atoms with E-state index in [0.29, 0.717) is 12.1 Å². The van der Waals surface area contributed by atoms with E-state index in [9.17, 15) is 9.50 Å². The first-order valence-electron chi connectivity index (χ1n) is 7.23. The molecule has 0 radical (unpaired) electrons. The van der Waals surface area contributed by atoms with E-state index in [0.717, 1.165) is 12.8 Å². The van der Waals surface area contributed by atoms with Crippen molar-refractivity contribution < 1.29 is 9.50 Å². The van der Waals surface area contributed by atoms with Gasteiger partial charge >= 0.3 is 0 Å². The molecule has 0 saturated heterocycles. The Bertz CT molecular complexity index is 581. The summed E-state index contributed by atoms with van der Waals surface area (Å²) in [6.07, 6.45) is 1.95. The van der Waals surface area contributed by atoms with Crippen molar-refractivity contribution in [3.63, 3.8) is 0 Å². The summed E-state index contributed by atoms with van der Waals surface area (Å²) in [5.74, 6) is -0.200. The van der Waals surface area contributed by atoms with Crippen LogP contribution in [0.2, 0.25) is 0 Å². The molecule has 2 rings (SSSR count). The number of benzene rings is 2. The van der Waals surface area contributed by atoms with Crippen LogP contribution in [0.1, 0.15) is 31.4 Å². The van der Waals surface area contributed by atoms with Crippen LogP contribution in [0.25, 0.3) is 0 Å². The lowest BCUT2D eigenvalue weighted by molar-refractivity contribution is 0.355. The molecule has 0 aliphatic carbocycles. The van der Waals surface area contributed by atoms with Crippen molar-refractivity contribution in [1.82, 2.24) is 5.32 Å². The summed E-state index contributed by atoms with van der Waals surface area (Å²) in [6.45, 7) is 4.68. The Labute approximate surface area is 125 Å². The van der Waals surface area contributed by atoms with Crippen LogP contribution in [0, 0.1) is 5.82 Å². The van der Waals surface area contributed by atoms with Crippen LogP contribution in [0.5, 0.6) is 5.75 Å². The Morgan fingerprint density at radius 1 is 1.10 bits per heavy atom. The molecular formula is C18H22FNO. The Morgan fingerprint density at radius 3 is 2.52 bits per heavy atom. The van der Waals surface area contributed by atoms with E-state index in [2.05, 4.69) is 31.3 Å². The fourth-order valence-corrected chi connectivity index (χ4v) is 2.22. The molecule has 0 aliphatic rings. The Kier molecular flexibility index (Phi) is 4.97. The van der Waals surface area contributed by atoms with Crippen molar-refractivity contribution >= 4 is 0 Å². The summed E-state index contributed by atoms with van der Waals surface area (Å²) in [5.41, 5.74) is 1.80. The minimum atomic E-state index is -0.327. The molecule has 2 N–H and O–H groups in total. The number of nitrogens with one attached hydrogen (secondary N) is 1. The number of halogens is 1. The van der Waals surface area contributed by atoms with Crippen molar-refractivity contribution in [2.75, 3.05) is 0 Å². The quantitative estimate of drug-likeness (QED) is 0.840. The Hall–Kier alpha value is -1.87. The molecule has 0 aliphatic heterocycles. The van der Waals surface area contributed by atoms with E-state index in [-0.39, 0.29) is 17.1 Å². The monoisotopic (exact) mass is 287 g/mol. The topological polar surface area (TPSA) is 32.3 Å². The fourth-order valence-electron chi connectivity index (χ4n) is 2.22. The minimum Gasteiger partial charge on any atom is -0.508 e. The van der Waals surface area contributed by atoms with Gasteiger partial charge in [0.05, 0.1) is 0 Å². The lowest BCUT2D eigenvalue weighted by Gasteiger charge is -2.27. The van der Waals surface area contributed by atoms with Gasteiger partial charge in [-0.15, -0.1) is 0 Å². The average molecular weight is 287 g/mol. The van der Waals surface area contributed by atoms with Gasteiger partial charge < -0.3 is 10.4 Å². The zero-order valence-electron chi connectivity index (χ0n) is 12.6. The maximum absolute atomic E-state index is 13.2. The molecule has 0 bridgehead atoms. The predicted octanol–water partition coefficient (Wildman–Crippen LogP) is 4.03. The lowest BCUT2D eigenvalue weighted by atomic mass is 9.95. The molecule has 0 aromatic heterocycles. The van der Waals surface area contributed by atoms with E-state index in [1.54, 1.807) is 0 Å². The van der Waals surface area contributed by atoms with Gasteiger partial charge in [-0.1, -0.05) is 30.3 Å². The summed E-state index contributed by atoms with van der Waals surface area (Å²) >= 11 is 0. The molecule has 21 heavy (non-hydrogen) atoms. The van der Waals surface area contributed by atoms with Gasteiger partial charge in [-0.2, -0.15) is 0 Å². The van der Waals surface area contributed by atoms with Crippen LogP contribution in [-0.4, -0.2) is 10.6 Å².